The number of hydrogen-bond donors (Lipinski definition) is 1. The van der Waals surface area contributed by atoms with Gasteiger partial charge in [-0.2, -0.15) is 0 Å². The van der Waals surface area contributed by atoms with Gasteiger partial charge < -0.3 is 9.88 Å². The highest BCUT2D eigenvalue weighted by atomic mass is 32.2. The van der Waals surface area contributed by atoms with Gasteiger partial charge in [-0.15, -0.1) is 21.5 Å². The van der Waals surface area contributed by atoms with E-state index in [4.69, 9.17) is 0 Å². The van der Waals surface area contributed by atoms with Crippen LogP contribution in [0.3, 0.4) is 0 Å². The standard InChI is InChI=1S/C20H24N4OS2/c1-5-6-17-10-15(11-26-17)19-22-23-20(24(19)4)27-12-18(25)21-16-8-7-13(2)14(3)9-16/h7-11H,5-6,12H2,1-4H3,(H,21,25). The van der Waals surface area contributed by atoms with Crippen LogP contribution >= 0.6 is 23.1 Å². The summed E-state index contributed by atoms with van der Waals surface area (Å²) in [6.07, 6.45) is 2.22. The van der Waals surface area contributed by atoms with Gasteiger partial charge >= 0.3 is 0 Å². The minimum atomic E-state index is -0.0476. The highest BCUT2D eigenvalue weighted by Crippen LogP contribution is 2.27. The molecule has 7 heteroatoms. The summed E-state index contributed by atoms with van der Waals surface area (Å²) in [5.74, 6) is 1.09. The fourth-order valence-electron chi connectivity index (χ4n) is 2.71. The summed E-state index contributed by atoms with van der Waals surface area (Å²) in [7, 11) is 1.94. The van der Waals surface area contributed by atoms with Crippen LogP contribution in [0, 0.1) is 13.8 Å². The number of carbonyl (C=O) groups excluding carboxylic acids is 1. The van der Waals surface area contributed by atoms with Crippen molar-refractivity contribution in [2.45, 2.75) is 38.8 Å². The second-order valence-electron chi connectivity index (χ2n) is 6.55. The number of rotatable bonds is 7. The van der Waals surface area contributed by atoms with Gasteiger partial charge in [0.1, 0.15) is 0 Å². The average Bonchev–Trinajstić information content (AvgIpc) is 3.23. The van der Waals surface area contributed by atoms with Gasteiger partial charge in [-0.05, 0) is 49.6 Å². The van der Waals surface area contributed by atoms with Crippen molar-refractivity contribution < 1.29 is 4.79 Å². The number of thiophene rings is 1. The van der Waals surface area contributed by atoms with E-state index in [1.54, 1.807) is 11.3 Å². The lowest BCUT2D eigenvalue weighted by atomic mass is 10.1. The van der Waals surface area contributed by atoms with Crippen LogP contribution < -0.4 is 5.32 Å². The van der Waals surface area contributed by atoms with E-state index < -0.39 is 0 Å². The molecule has 0 aliphatic heterocycles. The SMILES string of the molecule is CCCc1cc(-c2nnc(SCC(=O)Nc3ccc(C)c(C)c3)n2C)cs1. The van der Waals surface area contributed by atoms with E-state index in [0.717, 1.165) is 40.6 Å². The number of nitrogens with one attached hydrogen (secondary N) is 1. The topological polar surface area (TPSA) is 59.8 Å². The molecule has 2 aromatic heterocycles. The van der Waals surface area contributed by atoms with Gasteiger partial charge in [0.2, 0.25) is 5.91 Å². The molecule has 3 aromatic rings. The lowest BCUT2D eigenvalue weighted by Crippen LogP contribution is -2.14. The Bertz CT molecular complexity index is 945. The molecule has 1 aromatic carbocycles. The highest BCUT2D eigenvalue weighted by Gasteiger charge is 2.14. The van der Waals surface area contributed by atoms with Crippen LogP contribution in [0.1, 0.15) is 29.3 Å². The quantitative estimate of drug-likeness (QED) is 0.576. The molecule has 1 N–H and O–H groups in total. The Morgan fingerprint density at radius 2 is 2.04 bits per heavy atom. The molecule has 0 aliphatic carbocycles. The minimum absolute atomic E-state index is 0.0476. The van der Waals surface area contributed by atoms with Crippen LogP contribution in [0.5, 0.6) is 0 Å². The first-order chi connectivity index (χ1) is 13.0. The highest BCUT2D eigenvalue weighted by molar-refractivity contribution is 7.99. The zero-order valence-corrected chi connectivity index (χ0v) is 17.7. The Labute approximate surface area is 168 Å². The molecule has 3 rings (SSSR count). The van der Waals surface area contributed by atoms with Crippen LogP contribution in [0.4, 0.5) is 5.69 Å². The summed E-state index contributed by atoms with van der Waals surface area (Å²) in [5, 5.41) is 14.4. The van der Waals surface area contributed by atoms with Gasteiger partial charge in [0.15, 0.2) is 11.0 Å². The number of carbonyl (C=O) groups is 1. The molecule has 1 amide bonds. The van der Waals surface area contributed by atoms with Crippen LogP contribution in [-0.2, 0) is 18.3 Å². The molecule has 0 unspecified atom stereocenters. The first kappa shape index (κ1) is 19.6. The Kier molecular flexibility index (Phi) is 6.34. The van der Waals surface area contributed by atoms with Gasteiger partial charge in [-0.3, -0.25) is 4.79 Å². The number of hydrogen-bond acceptors (Lipinski definition) is 5. The number of benzene rings is 1. The molecule has 27 heavy (non-hydrogen) atoms. The second kappa shape index (κ2) is 8.71. The fourth-order valence-corrected chi connectivity index (χ4v) is 4.39. The van der Waals surface area contributed by atoms with Crippen LogP contribution in [0.15, 0.2) is 34.8 Å². The Morgan fingerprint density at radius 1 is 1.22 bits per heavy atom. The van der Waals surface area contributed by atoms with Crippen molar-refractivity contribution >= 4 is 34.7 Å². The minimum Gasteiger partial charge on any atom is -0.325 e. The maximum atomic E-state index is 12.3. The van der Waals surface area contributed by atoms with Crippen molar-refractivity contribution in [3.63, 3.8) is 0 Å². The zero-order chi connectivity index (χ0) is 19.4. The number of thioether (sulfide) groups is 1. The van der Waals surface area contributed by atoms with E-state index in [9.17, 15) is 4.79 Å². The monoisotopic (exact) mass is 400 g/mol. The molecule has 0 aliphatic rings. The number of aryl methyl sites for hydroxylation is 3. The number of nitrogens with zero attached hydrogens (tertiary/aromatic N) is 3. The van der Waals surface area contributed by atoms with Crippen LogP contribution in [0.25, 0.3) is 11.4 Å². The third-order valence-electron chi connectivity index (χ3n) is 4.37. The maximum Gasteiger partial charge on any atom is 0.234 e. The summed E-state index contributed by atoms with van der Waals surface area (Å²) < 4.78 is 1.95. The Hall–Kier alpha value is -2.12. The summed E-state index contributed by atoms with van der Waals surface area (Å²) in [6.45, 7) is 6.28. The maximum absolute atomic E-state index is 12.3. The van der Waals surface area contributed by atoms with Crippen molar-refractivity contribution in [2.24, 2.45) is 7.05 Å². The molecule has 0 saturated heterocycles. The van der Waals surface area contributed by atoms with E-state index in [1.807, 2.05) is 36.7 Å². The summed E-state index contributed by atoms with van der Waals surface area (Å²) in [5.41, 5.74) is 4.29. The number of amides is 1. The third kappa shape index (κ3) is 4.78. The molecule has 0 radical (unpaired) electrons. The third-order valence-corrected chi connectivity index (χ3v) is 6.38. The first-order valence-corrected chi connectivity index (χ1v) is 10.8. The molecule has 0 bridgehead atoms. The lowest BCUT2D eigenvalue weighted by Gasteiger charge is -2.07. The molecule has 0 fully saturated rings. The van der Waals surface area contributed by atoms with Crippen molar-refractivity contribution in [1.29, 1.82) is 0 Å². The van der Waals surface area contributed by atoms with Gasteiger partial charge in [0.25, 0.3) is 0 Å². The van der Waals surface area contributed by atoms with Crippen LogP contribution in [0.2, 0.25) is 0 Å². The molecular formula is C20H24N4OS2. The predicted molar refractivity (Wildman–Crippen MR) is 114 cm³/mol. The largest absolute Gasteiger partial charge is 0.325 e. The lowest BCUT2D eigenvalue weighted by molar-refractivity contribution is -0.113. The summed E-state index contributed by atoms with van der Waals surface area (Å²) >= 11 is 3.15. The van der Waals surface area contributed by atoms with E-state index in [0.29, 0.717) is 5.75 Å². The van der Waals surface area contributed by atoms with Crippen molar-refractivity contribution in [3.8, 4) is 11.4 Å². The molecule has 142 valence electrons. The summed E-state index contributed by atoms with van der Waals surface area (Å²) in [4.78, 5) is 13.6. The molecule has 0 spiro atoms. The van der Waals surface area contributed by atoms with E-state index in [1.165, 1.54) is 22.2 Å². The van der Waals surface area contributed by atoms with Crippen molar-refractivity contribution in [2.75, 3.05) is 11.1 Å². The van der Waals surface area contributed by atoms with Crippen molar-refractivity contribution in [3.05, 3.63) is 45.6 Å². The van der Waals surface area contributed by atoms with Crippen LogP contribution in [-0.4, -0.2) is 26.4 Å². The van der Waals surface area contributed by atoms with Gasteiger partial charge in [0.05, 0.1) is 5.75 Å². The predicted octanol–water partition coefficient (Wildman–Crippen LogP) is 4.84. The summed E-state index contributed by atoms with van der Waals surface area (Å²) in [6, 6.07) is 8.11. The van der Waals surface area contributed by atoms with E-state index >= 15 is 0 Å². The smallest absolute Gasteiger partial charge is 0.234 e. The van der Waals surface area contributed by atoms with Gasteiger partial charge in [-0.25, -0.2) is 0 Å². The van der Waals surface area contributed by atoms with Crippen molar-refractivity contribution in [1.82, 2.24) is 14.8 Å². The Morgan fingerprint density at radius 3 is 2.78 bits per heavy atom. The number of aromatic nitrogens is 3. The second-order valence-corrected chi connectivity index (χ2v) is 8.49. The van der Waals surface area contributed by atoms with E-state index in [-0.39, 0.29) is 5.91 Å². The Balaban J connectivity index is 1.61. The first-order valence-electron chi connectivity index (χ1n) is 8.95. The molecule has 5 nitrogen and oxygen atoms in total. The fraction of sp³-hybridized carbons (Fsp3) is 0.350. The molecule has 0 atom stereocenters. The van der Waals surface area contributed by atoms with Gasteiger partial charge in [-0.1, -0.05) is 31.2 Å². The zero-order valence-electron chi connectivity index (χ0n) is 16.1. The van der Waals surface area contributed by atoms with E-state index in [2.05, 4.69) is 40.8 Å². The normalized spacial score (nSPS) is 11.0. The van der Waals surface area contributed by atoms with Gasteiger partial charge in [0, 0.05) is 28.6 Å². The molecule has 2 heterocycles. The molecular weight excluding hydrogens is 376 g/mol. The number of anilines is 1. The molecule has 0 saturated carbocycles. The average molecular weight is 401 g/mol.